The van der Waals surface area contributed by atoms with Gasteiger partial charge in [-0.1, -0.05) is 19.9 Å². The molecule has 0 unspecified atom stereocenters. The number of amides is 1. The molecule has 0 atom stereocenters. The van der Waals surface area contributed by atoms with Crippen LogP contribution in [0.1, 0.15) is 49.9 Å². The summed E-state index contributed by atoms with van der Waals surface area (Å²) in [4.78, 5) is 12.9. The quantitative estimate of drug-likeness (QED) is 0.783. The first-order chi connectivity index (χ1) is 8.46. The Kier molecular flexibility index (Phi) is 4.00. The standard InChI is InChI=1S/C15H21NOS/c1-15(2)8-6-12(7-9-15)16-14(17)11-4-3-5-13(18)10-11/h3-5,10,12,18H,6-9H2,1-2H3,(H,16,17). The highest BCUT2D eigenvalue weighted by Gasteiger charge is 2.27. The molecule has 3 heteroatoms. The molecule has 1 fully saturated rings. The lowest BCUT2D eigenvalue weighted by Crippen LogP contribution is -2.39. The van der Waals surface area contributed by atoms with Crippen molar-refractivity contribution in [3.8, 4) is 0 Å². The van der Waals surface area contributed by atoms with Crippen molar-refractivity contribution in [2.24, 2.45) is 5.41 Å². The maximum atomic E-state index is 12.1. The van der Waals surface area contributed by atoms with E-state index in [1.807, 2.05) is 24.3 Å². The van der Waals surface area contributed by atoms with Crippen LogP contribution >= 0.6 is 12.6 Å². The van der Waals surface area contributed by atoms with Gasteiger partial charge in [-0.15, -0.1) is 12.6 Å². The third kappa shape index (κ3) is 3.52. The van der Waals surface area contributed by atoms with Gasteiger partial charge in [0, 0.05) is 16.5 Å². The number of hydrogen-bond acceptors (Lipinski definition) is 2. The first kappa shape index (κ1) is 13.5. The van der Waals surface area contributed by atoms with Gasteiger partial charge in [0.2, 0.25) is 0 Å². The Hall–Kier alpha value is -0.960. The predicted molar refractivity (Wildman–Crippen MR) is 77.2 cm³/mol. The highest BCUT2D eigenvalue weighted by atomic mass is 32.1. The lowest BCUT2D eigenvalue weighted by Gasteiger charge is -2.34. The molecule has 0 radical (unpaired) electrons. The van der Waals surface area contributed by atoms with Crippen molar-refractivity contribution >= 4 is 18.5 Å². The summed E-state index contributed by atoms with van der Waals surface area (Å²) in [5.41, 5.74) is 1.14. The largest absolute Gasteiger partial charge is 0.349 e. The summed E-state index contributed by atoms with van der Waals surface area (Å²) in [6, 6.07) is 7.71. The summed E-state index contributed by atoms with van der Waals surface area (Å²) < 4.78 is 0. The van der Waals surface area contributed by atoms with Gasteiger partial charge in [-0.05, 0) is 49.3 Å². The van der Waals surface area contributed by atoms with E-state index >= 15 is 0 Å². The van der Waals surface area contributed by atoms with E-state index in [2.05, 4.69) is 31.8 Å². The van der Waals surface area contributed by atoms with Gasteiger partial charge in [0.25, 0.3) is 5.91 Å². The van der Waals surface area contributed by atoms with Crippen molar-refractivity contribution < 1.29 is 4.79 Å². The van der Waals surface area contributed by atoms with E-state index in [0.717, 1.165) is 17.7 Å². The Morgan fingerprint density at radius 2 is 2.00 bits per heavy atom. The number of thiol groups is 1. The fraction of sp³-hybridized carbons (Fsp3) is 0.533. The zero-order valence-electron chi connectivity index (χ0n) is 11.1. The molecule has 0 saturated heterocycles. The van der Waals surface area contributed by atoms with E-state index in [1.54, 1.807) is 0 Å². The number of benzene rings is 1. The van der Waals surface area contributed by atoms with Crippen molar-refractivity contribution in [2.75, 3.05) is 0 Å². The van der Waals surface area contributed by atoms with Gasteiger partial charge in [0.1, 0.15) is 0 Å². The van der Waals surface area contributed by atoms with E-state index in [1.165, 1.54) is 12.8 Å². The highest BCUT2D eigenvalue weighted by Crippen LogP contribution is 2.35. The van der Waals surface area contributed by atoms with Crippen molar-refractivity contribution in [3.05, 3.63) is 29.8 Å². The Morgan fingerprint density at radius 1 is 1.33 bits per heavy atom. The smallest absolute Gasteiger partial charge is 0.251 e. The van der Waals surface area contributed by atoms with Crippen molar-refractivity contribution in [1.29, 1.82) is 0 Å². The monoisotopic (exact) mass is 263 g/mol. The minimum Gasteiger partial charge on any atom is -0.349 e. The molecular weight excluding hydrogens is 242 g/mol. The van der Waals surface area contributed by atoms with Gasteiger partial charge in [-0.25, -0.2) is 0 Å². The molecule has 18 heavy (non-hydrogen) atoms. The fourth-order valence-corrected chi connectivity index (χ4v) is 2.68. The summed E-state index contributed by atoms with van der Waals surface area (Å²) in [6.07, 6.45) is 4.54. The van der Waals surface area contributed by atoms with E-state index < -0.39 is 0 Å². The fourth-order valence-electron chi connectivity index (χ4n) is 2.46. The van der Waals surface area contributed by atoms with E-state index in [9.17, 15) is 4.79 Å². The van der Waals surface area contributed by atoms with Crippen LogP contribution in [0.5, 0.6) is 0 Å². The number of nitrogens with one attached hydrogen (secondary N) is 1. The van der Waals surface area contributed by atoms with E-state index in [0.29, 0.717) is 17.0 Å². The van der Waals surface area contributed by atoms with Crippen molar-refractivity contribution in [1.82, 2.24) is 5.32 Å². The molecule has 1 aliphatic carbocycles. The first-order valence-corrected chi connectivity index (χ1v) is 7.01. The molecule has 0 bridgehead atoms. The van der Waals surface area contributed by atoms with Gasteiger partial charge in [-0.3, -0.25) is 4.79 Å². The molecule has 1 amide bonds. The number of rotatable bonds is 2. The Labute approximate surface area is 115 Å². The van der Waals surface area contributed by atoms with E-state index in [4.69, 9.17) is 0 Å². The van der Waals surface area contributed by atoms with Crippen molar-refractivity contribution in [3.63, 3.8) is 0 Å². The minimum atomic E-state index is 0.0237. The van der Waals surface area contributed by atoms with Crippen LogP contribution in [0.4, 0.5) is 0 Å². The zero-order valence-corrected chi connectivity index (χ0v) is 12.0. The normalized spacial score (nSPS) is 19.5. The molecule has 0 heterocycles. The second-order valence-electron chi connectivity index (χ2n) is 5.96. The van der Waals surface area contributed by atoms with Crippen LogP contribution in [-0.4, -0.2) is 11.9 Å². The number of carbonyl (C=O) groups is 1. The average molecular weight is 263 g/mol. The van der Waals surface area contributed by atoms with Crippen molar-refractivity contribution in [2.45, 2.75) is 50.5 Å². The maximum Gasteiger partial charge on any atom is 0.251 e. The van der Waals surface area contributed by atoms with Crippen LogP contribution in [0.15, 0.2) is 29.2 Å². The summed E-state index contributed by atoms with van der Waals surface area (Å²) in [5, 5.41) is 3.13. The van der Waals surface area contributed by atoms with Crippen LogP contribution in [0.25, 0.3) is 0 Å². The van der Waals surface area contributed by atoms with Gasteiger partial charge >= 0.3 is 0 Å². The SMILES string of the molecule is CC1(C)CCC(NC(=O)c2cccc(S)c2)CC1. The van der Waals surface area contributed by atoms with Gasteiger partial charge in [0.15, 0.2) is 0 Å². The molecule has 1 aliphatic rings. The Balaban J connectivity index is 1.93. The zero-order chi connectivity index (χ0) is 13.2. The molecule has 0 aliphatic heterocycles. The second-order valence-corrected chi connectivity index (χ2v) is 6.48. The molecule has 0 aromatic heterocycles. The number of hydrogen-bond donors (Lipinski definition) is 2. The molecule has 2 rings (SSSR count). The van der Waals surface area contributed by atoms with Gasteiger partial charge in [0.05, 0.1) is 0 Å². The summed E-state index contributed by atoms with van der Waals surface area (Å²) in [5.74, 6) is 0.0237. The first-order valence-electron chi connectivity index (χ1n) is 6.56. The lowest BCUT2D eigenvalue weighted by molar-refractivity contribution is 0.0909. The maximum absolute atomic E-state index is 12.1. The number of carbonyl (C=O) groups excluding carboxylic acids is 1. The van der Waals surface area contributed by atoms with Crippen LogP contribution < -0.4 is 5.32 Å². The summed E-state index contributed by atoms with van der Waals surface area (Å²) in [7, 11) is 0. The molecular formula is C15H21NOS. The predicted octanol–water partition coefficient (Wildman–Crippen LogP) is 3.67. The lowest BCUT2D eigenvalue weighted by atomic mass is 9.75. The molecule has 1 aromatic carbocycles. The third-order valence-corrected chi connectivity index (χ3v) is 4.06. The van der Waals surface area contributed by atoms with Gasteiger partial charge < -0.3 is 5.32 Å². The molecule has 98 valence electrons. The highest BCUT2D eigenvalue weighted by molar-refractivity contribution is 7.80. The van der Waals surface area contributed by atoms with Crippen LogP contribution in [0.2, 0.25) is 0 Å². The summed E-state index contributed by atoms with van der Waals surface area (Å²) in [6.45, 7) is 4.60. The Bertz CT molecular complexity index is 432. The van der Waals surface area contributed by atoms with E-state index in [-0.39, 0.29) is 5.91 Å². The molecule has 2 nitrogen and oxygen atoms in total. The second kappa shape index (κ2) is 5.35. The third-order valence-electron chi connectivity index (χ3n) is 3.78. The molecule has 1 N–H and O–H groups in total. The van der Waals surface area contributed by atoms with Crippen LogP contribution in [0.3, 0.4) is 0 Å². The molecule has 0 spiro atoms. The van der Waals surface area contributed by atoms with Gasteiger partial charge in [-0.2, -0.15) is 0 Å². The van der Waals surface area contributed by atoms with Crippen LogP contribution in [-0.2, 0) is 0 Å². The topological polar surface area (TPSA) is 29.1 Å². The average Bonchev–Trinajstić information content (AvgIpc) is 2.32. The summed E-state index contributed by atoms with van der Waals surface area (Å²) >= 11 is 4.26. The Morgan fingerprint density at radius 3 is 2.61 bits per heavy atom. The van der Waals surface area contributed by atoms with Crippen LogP contribution in [0, 0.1) is 5.41 Å². The minimum absolute atomic E-state index is 0.0237. The molecule has 1 saturated carbocycles. The molecule has 1 aromatic rings.